The molecule has 0 radical (unpaired) electrons. The predicted molar refractivity (Wildman–Crippen MR) is 120 cm³/mol. The minimum absolute atomic E-state index is 0.112. The van der Waals surface area contributed by atoms with Crippen LogP contribution in [-0.4, -0.2) is 49.3 Å². The van der Waals surface area contributed by atoms with Crippen LogP contribution >= 0.6 is 0 Å². The van der Waals surface area contributed by atoms with E-state index in [4.69, 9.17) is 9.47 Å². The summed E-state index contributed by atoms with van der Waals surface area (Å²) in [6.45, 7) is 5.28. The van der Waals surface area contributed by atoms with Gasteiger partial charge in [-0.3, -0.25) is 4.79 Å². The van der Waals surface area contributed by atoms with E-state index in [2.05, 4.69) is 13.0 Å². The summed E-state index contributed by atoms with van der Waals surface area (Å²) in [6.07, 6.45) is 24.7. The van der Waals surface area contributed by atoms with Gasteiger partial charge in [0.25, 0.3) is 0 Å². The third-order valence-corrected chi connectivity index (χ3v) is 5.95. The molecular formula is C25H45NO3. The first-order chi connectivity index (χ1) is 14.3. The van der Waals surface area contributed by atoms with Crippen molar-refractivity contribution in [3.8, 4) is 0 Å². The maximum absolute atomic E-state index is 12.3. The van der Waals surface area contributed by atoms with E-state index in [0.717, 1.165) is 19.6 Å². The van der Waals surface area contributed by atoms with Gasteiger partial charge in [-0.2, -0.15) is 0 Å². The van der Waals surface area contributed by atoms with Gasteiger partial charge in [0.2, 0.25) is 5.91 Å². The van der Waals surface area contributed by atoms with E-state index in [1.807, 2.05) is 4.90 Å². The number of epoxide rings is 2. The number of unbranched alkanes of at least 4 members (excludes halogenated alkanes) is 14. The van der Waals surface area contributed by atoms with Crippen molar-refractivity contribution in [3.63, 3.8) is 0 Å². The van der Waals surface area contributed by atoms with E-state index in [-0.39, 0.29) is 18.1 Å². The lowest BCUT2D eigenvalue weighted by Gasteiger charge is -2.18. The lowest BCUT2D eigenvalue weighted by atomic mass is 10.0. The number of hydrogen-bond acceptors (Lipinski definition) is 3. The minimum Gasteiger partial charge on any atom is -0.371 e. The molecule has 2 heterocycles. The van der Waals surface area contributed by atoms with E-state index < -0.39 is 0 Å². The molecule has 0 aliphatic carbocycles. The molecule has 168 valence electrons. The van der Waals surface area contributed by atoms with Crippen LogP contribution in [0.4, 0.5) is 0 Å². The third-order valence-electron chi connectivity index (χ3n) is 5.95. The molecule has 29 heavy (non-hydrogen) atoms. The Balaban J connectivity index is 1.34. The van der Waals surface area contributed by atoms with Gasteiger partial charge in [-0.05, 0) is 18.9 Å². The van der Waals surface area contributed by atoms with E-state index in [0.29, 0.717) is 13.1 Å². The second-order valence-electron chi connectivity index (χ2n) is 8.94. The van der Waals surface area contributed by atoms with Crippen molar-refractivity contribution in [2.45, 2.75) is 115 Å². The molecule has 0 bridgehead atoms. The average Bonchev–Trinajstić information content (AvgIpc) is 3.63. The Morgan fingerprint density at radius 1 is 0.759 bits per heavy atom. The van der Waals surface area contributed by atoms with Crippen LogP contribution in [0, 0.1) is 0 Å². The highest BCUT2D eigenvalue weighted by Crippen LogP contribution is 2.17. The molecule has 0 aromatic heterocycles. The second-order valence-corrected chi connectivity index (χ2v) is 8.94. The lowest BCUT2D eigenvalue weighted by molar-refractivity contribution is -0.126. The maximum Gasteiger partial charge on any atom is 0.246 e. The first-order valence-electron chi connectivity index (χ1n) is 12.5. The van der Waals surface area contributed by atoms with Crippen molar-refractivity contribution in [2.75, 3.05) is 26.3 Å². The van der Waals surface area contributed by atoms with Crippen LogP contribution in [0.15, 0.2) is 12.2 Å². The van der Waals surface area contributed by atoms with E-state index in [9.17, 15) is 4.79 Å². The van der Waals surface area contributed by atoms with E-state index in [1.165, 1.54) is 89.9 Å². The number of ether oxygens (including phenoxy) is 2. The van der Waals surface area contributed by atoms with Gasteiger partial charge in [-0.1, -0.05) is 96.5 Å². The molecule has 0 aromatic rings. The molecule has 2 saturated heterocycles. The Morgan fingerprint density at radius 3 is 1.59 bits per heavy atom. The lowest BCUT2D eigenvalue weighted by Crippen LogP contribution is -2.36. The summed E-state index contributed by atoms with van der Waals surface area (Å²) in [5.41, 5.74) is 0. The monoisotopic (exact) mass is 407 g/mol. The SMILES string of the molecule is CCCCCCCCCCCCCCCCC=CC(=O)N(CC1CO1)CC1CO1. The van der Waals surface area contributed by atoms with Crippen LogP contribution in [0.3, 0.4) is 0 Å². The minimum atomic E-state index is 0.112. The van der Waals surface area contributed by atoms with Gasteiger partial charge in [0.15, 0.2) is 0 Å². The Morgan fingerprint density at radius 2 is 1.17 bits per heavy atom. The molecule has 0 spiro atoms. The van der Waals surface area contributed by atoms with Crippen LogP contribution in [0.5, 0.6) is 0 Å². The molecule has 4 nitrogen and oxygen atoms in total. The maximum atomic E-state index is 12.3. The van der Waals surface area contributed by atoms with Gasteiger partial charge >= 0.3 is 0 Å². The number of amides is 1. The third kappa shape index (κ3) is 13.9. The fourth-order valence-electron chi connectivity index (χ4n) is 3.84. The zero-order valence-electron chi connectivity index (χ0n) is 18.9. The highest BCUT2D eigenvalue weighted by Gasteiger charge is 2.32. The molecule has 0 aromatic carbocycles. The Labute approximate surface area is 179 Å². The Hall–Kier alpha value is -0.870. The number of rotatable bonds is 20. The van der Waals surface area contributed by atoms with Gasteiger partial charge in [-0.15, -0.1) is 0 Å². The van der Waals surface area contributed by atoms with Crippen molar-refractivity contribution < 1.29 is 14.3 Å². The first-order valence-corrected chi connectivity index (χ1v) is 12.5. The van der Waals surface area contributed by atoms with E-state index in [1.54, 1.807) is 6.08 Å². The number of allylic oxidation sites excluding steroid dienone is 1. The molecule has 2 atom stereocenters. The van der Waals surface area contributed by atoms with Gasteiger partial charge in [0, 0.05) is 13.1 Å². The summed E-state index contributed by atoms with van der Waals surface area (Å²) in [5.74, 6) is 0.112. The molecule has 4 heteroatoms. The van der Waals surface area contributed by atoms with Gasteiger partial charge < -0.3 is 14.4 Å². The highest BCUT2D eigenvalue weighted by molar-refractivity contribution is 5.87. The molecule has 2 aliphatic heterocycles. The predicted octanol–water partition coefficient (Wildman–Crippen LogP) is 6.04. The number of carbonyl (C=O) groups excluding carboxylic acids is 1. The van der Waals surface area contributed by atoms with Gasteiger partial charge in [-0.25, -0.2) is 0 Å². The molecule has 2 unspecified atom stereocenters. The summed E-state index contributed by atoms with van der Waals surface area (Å²) in [6, 6.07) is 0. The molecule has 0 saturated carbocycles. The molecule has 1 amide bonds. The summed E-state index contributed by atoms with van der Waals surface area (Å²) >= 11 is 0. The molecule has 0 N–H and O–H groups in total. The van der Waals surface area contributed by atoms with Gasteiger partial charge in [0.1, 0.15) is 0 Å². The number of carbonyl (C=O) groups is 1. The van der Waals surface area contributed by atoms with Crippen molar-refractivity contribution in [1.29, 1.82) is 0 Å². The summed E-state index contributed by atoms with van der Waals surface area (Å²) < 4.78 is 10.5. The summed E-state index contributed by atoms with van der Waals surface area (Å²) in [4.78, 5) is 14.2. The molecule has 2 fully saturated rings. The molecule has 2 aliphatic rings. The Kier molecular flexibility index (Phi) is 13.4. The Bertz CT molecular complexity index is 429. The topological polar surface area (TPSA) is 45.4 Å². The van der Waals surface area contributed by atoms with E-state index >= 15 is 0 Å². The van der Waals surface area contributed by atoms with Crippen molar-refractivity contribution in [3.05, 3.63) is 12.2 Å². The van der Waals surface area contributed by atoms with Crippen LogP contribution in [-0.2, 0) is 14.3 Å². The van der Waals surface area contributed by atoms with Gasteiger partial charge in [0.05, 0.1) is 25.4 Å². The molecular weight excluding hydrogens is 362 g/mol. The smallest absolute Gasteiger partial charge is 0.246 e. The highest BCUT2D eigenvalue weighted by atomic mass is 16.6. The first kappa shape index (κ1) is 24.4. The largest absolute Gasteiger partial charge is 0.371 e. The number of nitrogens with zero attached hydrogens (tertiary/aromatic N) is 1. The standard InChI is InChI=1S/C25H45NO3/c1-2-3-4-5-6-7-8-9-10-11-12-13-14-15-16-17-18-25(27)26(19-23-21-28-23)20-24-22-29-24/h17-18,23-24H,2-16,19-22H2,1H3. The molecule has 2 rings (SSSR count). The fraction of sp³-hybridized carbons (Fsp3) is 0.880. The van der Waals surface area contributed by atoms with Crippen molar-refractivity contribution in [2.24, 2.45) is 0 Å². The zero-order valence-corrected chi connectivity index (χ0v) is 18.9. The van der Waals surface area contributed by atoms with Crippen molar-refractivity contribution >= 4 is 5.91 Å². The fourth-order valence-corrected chi connectivity index (χ4v) is 3.84. The normalized spacial score (nSPS) is 20.3. The average molecular weight is 408 g/mol. The second kappa shape index (κ2) is 15.9. The van der Waals surface area contributed by atoms with Crippen LogP contribution < -0.4 is 0 Å². The van der Waals surface area contributed by atoms with Crippen molar-refractivity contribution in [1.82, 2.24) is 4.90 Å². The van der Waals surface area contributed by atoms with Crippen LogP contribution in [0.2, 0.25) is 0 Å². The summed E-state index contributed by atoms with van der Waals surface area (Å²) in [7, 11) is 0. The summed E-state index contributed by atoms with van der Waals surface area (Å²) in [5, 5.41) is 0. The number of hydrogen-bond donors (Lipinski definition) is 0. The zero-order chi connectivity index (χ0) is 20.6. The quantitative estimate of drug-likeness (QED) is 0.140. The van der Waals surface area contributed by atoms with Crippen LogP contribution in [0.25, 0.3) is 0 Å². The van der Waals surface area contributed by atoms with Crippen LogP contribution in [0.1, 0.15) is 103 Å².